The lowest BCUT2D eigenvalue weighted by Crippen LogP contribution is -2.39. The minimum Gasteiger partial charge on any atom is -0.464 e. The maximum atomic E-state index is 5.77. The van der Waals surface area contributed by atoms with Crippen molar-refractivity contribution >= 4 is 5.96 Å². The third-order valence-electron chi connectivity index (χ3n) is 3.69. The maximum Gasteiger partial charge on any atom is 0.191 e. The van der Waals surface area contributed by atoms with Crippen LogP contribution in [-0.4, -0.2) is 31.8 Å². The molecule has 0 aliphatic rings. The zero-order chi connectivity index (χ0) is 17.2. The monoisotopic (exact) mass is 323 g/mol. The smallest absolute Gasteiger partial charge is 0.191 e. The summed E-state index contributed by atoms with van der Waals surface area (Å²) in [7, 11) is 0. The Labute approximate surface area is 140 Å². The molecule has 0 saturated heterocycles. The SMILES string of the molecule is CCNC(=NCCC(OCC)C(C)C)NC(C)c1ccc(C)o1. The summed E-state index contributed by atoms with van der Waals surface area (Å²) in [5, 5.41) is 6.67. The molecule has 23 heavy (non-hydrogen) atoms. The van der Waals surface area contributed by atoms with Gasteiger partial charge in [-0.05, 0) is 52.2 Å². The summed E-state index contributed by atoms with van der Waals surface area (Å²) >= 11 is 0. The molecule has 132 valence electrons. The molecule has 1 aromatic rings. The normalized spacial score (nSPS) is 14.8. The first-order valence-corrected chi connectivity index (χ1v) is 8.70. The Kier molecular flexibility index (Phi) is 8.77. The molecule has 0 spiro atoms. The molecule has 0 fully saturated rings. The first-order valence-electron chi connectivity index (χ1n) is 8.70. The molecule has 1 rings (SSSR count). The Bertz CT molecular complexity index is 469. The Hall–Kier alpha value is -1.49. The van der Waals surface area contributed by atoms with Crippen molar-refractivity contribution in [1.82, 2.24) is 10.6 Å². The molecule has 0 amide bonds. The second-order valence-electron chi connectivity index (χ2n) is 6.10. The molecule has 0 aliphatic heterocycles. The maximum absolute atomic E-state index is 5.77. The van der Waals surface area contributed by atoms with E-state index in [-0.39, 0.29) is 12.1 Å². The summed E-state index contributed by atoms with van der Waals surface area (Å²) < 4.78 is 11.4. The fourth-order valence-electron chi connectivity index (χ4n) is 2.41. The van der Waals surface area contributed by atoms with Gasteiger partial charge in [0.2, 0.25) is 0 Å². The highest BCUT2D eigenvalue weighted by Crippen LogP contribution is 2.15. The molecule has 2 atom stereocenters. The number of guanidine groups is 1. The predicted octanol–water partition coefficient (Wildman–Crippen LogP) is 3.66. The van der Waals surface area contributed by atoms with E-state index >= 15 is 0 Å². The van der Waals surface area contributed by atoms with Gasteiger partial charge in [0.25, 0.3) is 0 Å². The number of aryl methyl sites for hydroxylation is 1. The Balaban J connectivity index is 2.58. The quantitative estimate of drug-likeness (QED) is 0.538. The Morgan fingerprint density at radius 2 is 2.00 bits per heavy atom. The second-order valence-corrected chi connectivity index (χ2v) is 6.10. The van der Waals surface area contributed by atoms with E-state index in [1.165, 1.54) is 0 Å². The van der Waals surface area contributed by atoms with Gasteiger partial charge in [-0.15, -0.1) is 0 Å². The van der Waals surface area contributed by atoms with Crippen LogP contribution in [0.1, 0.15) is 58.6 Å². The molecule has 5 nitrogen and oxygen atoms in total. The van der Waals surface area contributed by atoms with Crippen LogP contribution in [-0.2, 0) is 4.74 Å². The average molecular weight is 323 g/mol. The number of nitrogens with zero attached hydrogens (tertiary/aromatic N) is 1. The minimum absolute atomic E-state index is 0.0780. The number of hydrogen-bond donors (Lipinski definition) is 2. The molecule has 1 heterocycles. The summed E-state index contributed by atoms with van der Waals surface area (Å²) in [6.07, 6.45) is 1.19. The highest BCUT2D eigenvalue weighted by atomic mass is 16.5. The highest BCUT2D eigenvalue weighted by Gasteiger charge is 2.14. The van der Waals surface area contributed by atoms with Gasteiger partial charge in [-0.3, -0.25) is 4.99 Å². The highest BCUT2D eigenvalue weighted by molar-refractivity contribution is 5.80. The van der Waals surface area contributed by atoms with Crippen molar-refractivity contribution in [2.45, 2.75) is 60.1 Å². The summed E-state index contributed by atoms with van der Waals surface area (Å²) in [5.74, 6) is 3.16. The minimum atomic E-state index is 0.0780. The van der Waals surface area contributed by atoms with Crippen LogP contribution in [0.2, 0.25) is 0 Å². The van der Waals surface area contributed by atoms with Gasteiger partial charge in [-0.25, -0.2) is 0 Å². The number of ether oxygens (including phenoxy) is 1. The van der Waals surface area contributed by atoms with Crippen LogP contribution in [0.15, 0.2) is 21.5 Å². The summed E-state index contributed by atoms with van der Waals surface area (Å²) in [4.78, 5) is 4.66. The van der Waals surface area contributed by atoms with Gasteiger partial charge in [0.05, 0.1) is 12.1 Å². The summed E-state index contributed by atoms with van der Waals surface area (Å²) in [5.41, 5.74) is 0. The fourth-order valence-corrected chi connectivity index (χ4v) is 2.41. The van der Waals surface area contributed by atoms with Crippen molar-refractivity contribution in [3.63, 3.8) is 0 Å². The molecular formula is C18H33N3O2. The van der Waals surface area contributed by atoms with Crippen molar-refractivity contribution in [2.24, 2.45) is 10.9 Å². The van der Waals surface area contributed by atoms with Crippen LogP contribution >= 0.6 is 0 Å². The van der Waals surface area contributed by atoms with Crippen molar-refractivity contribution < 1.29 is 9.15 Å². The molecule has 0 radical (unpaired) electrons. The van der Waals surface area contributed by atoms with Gasteiger partial charge in [0.15, 0.2) is 5.96 Å². The third kappa shape index (κ3) is 7.08. The molecule has 2 N–H and O–H groups in total. The topological polar surface area (TPSA) is 58.8 Å². The van der Waals surface area contributed by atoms with Gasteiger partial charge < -0.3 is 19.8 Å². The zero-order valence-corrected chi connectivity index (χ0v) is 15.5. The first-order chi connectivity index (χ1) is 11.0. The zero-order valence-electron chi connectivity index (χ0n) is 15.5. The van der Waals surface area contributed by atoms with Crippen LogP contribution in [0.4, 0.5) is 0 Å². The van der Waals surface area contributed by atoms with E-state index in [0.717, 1.165) is 43.6 Å². The number of nitrogens with one attached hydrogen (secondary N) is 2. The van der Waals surface area contributed by atoms with Gasteiger partial charge in [-0.1, -0.05) is 13.8 Å². The molecule has 1 aromatic heterocycles. The van der Waals surface area contributed by atoms with Gasteiger partial charge >= 0.3 is 0 Å². The number of aliphatic imine (C=N–C) groups is 1. The molecule has 5 heteroatoms. The van der Waals surface area contributed by atoms with Crippen molar-refractivity contribution in [3.8, 4) is 0 Å². The average Bonchev–Trinajstić information content (AvgIpc) is 2.93. The van der Waals surface area contributed by atoms with Crippen molar-refractivity contribution in [1.29, 1.82) is 0 Å². The van der Waals surface area contributed by atoms with Crippen molar-refractivity contribution in [3.05, 3.63) is 23.7 Å². The molecule has 0 bridgehead atoms. The first kappa shape index (κ1) is 19.6. The second kappa shape index (κ2) is 10.3. The summed E-state index contributed by atoms with van der Waals surface area (Å²) in [6, 6.07) is 4.06. The Morgan fingerprint density at radius 3 is 2.52 bits per heavy atom. The predicted molar refractivity (Wildman–Crippen MR) is 95.8 cm³/mol. The number of hydrogen-bond acceptors (Lipinski definition) is 3. The van der Waals surface area contributed by atoms with Gasteiger partial charge in [-0.2, -0.15) is 0 Å². The van der Waals surface area contributed by atoms with E-state index in [1.807, 2.05) is 26.0 Å². The standard InChI is InChI=1S/C18H33N3O2/c1-7-19-18(20-12-11-16(13(3)4)22-8-2)21-15(6)17-10-9-14(5)23-17/h9-10,13,15-16H,7-8,11-12H2,1-6H3,(H2,19,20,21). The van der Waals surface area contributed by atoms with E-state index in [4.69, 9.17) is 9.15 Å². The lowest BCUT2D eigenvalue weighted by molar-refractivity contribution is 0.0266. The lowest BCUT2D eigenvalue weighted by atomic mass is 10.0. The van der Waals surface area contributed by atoms with Crippen LogP contribution < -0.4 is 10.6 Å². The number of furan rings is 1. The Morgan fingerprint density at radius 1 is 1.26 bits per heavy atom. The fraction of sp³-hybridized carbons (Fsp3) is 0.722. The molecular weight excluding hydrogens is 290 g/mol. The van der Waals surface area contributed by atoms with Gasteiger partial charge in [0, 0.05) is 19.7 Å². The van der Waals surface area contributed by atoms with E-state index in [0.29, 0.717) is 5.92 Å². The molecule has 0 aromatic carbocycles. The van der Waals surface area contributed by atoms with E-state index in [2.05, 4.69) is 43.3 Å². The number of rotatable bonds is 9. The molecule has 0 saturated carbocycles. The van der Waals surface area contributed by atoms with Crippen molar-refractivity contribution in [2.75, 3.05) is 19.7 Å². The van der Waals surface area contributed by atoms with E-state index < -0.39 is 0 Å². The van der Waals surface area contributed by atoms with Gasteiger partial charge in [0.1, 0.15) is 11.5 Å². The van der Waals surface area contributed by atoms with E-state index in [9.17, 15) is 0 Å². The van der Waals surface area contributed by atoms with E-state index in [1.54, 1.807) is 0 Å². The third-order valence-corrected chi connectivity index (χ3v) is 3.69. The summed E-state index contributed by atoms with van der Waals surface area (Å²) in [6.45, 7) is 14.8. The lowest BCUT2D eigenvalue weighted by Gasteiger charge is -2.20. The van der Waals surface area contributed by atoms with Crippen LogP contribution in [0.3, 0.4) is 0 Å². The molecule has 0 aliphatic carbocycles. The van der Waals surface area contributed by atoms with Crippen LogP contribution in [0.5, 0.6) is 0 Å². The molecule has 2 unspecified atom stereocenters. The largest absolute Gasteiger partial charge is 0.464 e. The van der Waals surface area contributed by atoms with Crippen LogP contribution in [0.25, 0.3) is 0 Å². The van der Waals surface area contributed by atoms with Crippen LogP contribution in [0, 0.1) is 12.8 Å².